The highest BCUT2D eigenvalue weighted by atomic mass is 79.9. The second kappa shape index (κ2) is 6.72. The molecule has 1 unspecified atom stereocenters. The molecule has 0 fully saturated rings. The molecule has 2 rings (SSSR count). The van der Waals surface area contributed by atoms with Gasteiger partial charge in [-0.2, -0.15) is 0 Å². The average Bonchev–Trinajstić information content (AvgIpc) is 2.75. The quantitative estimate of drug-likeness (QED) is 0.623. The van der Waals surface area contributed by atoms with E-state index in [1.807, 2.05) is 11.3 Å². The van der Waals surface area contributed by atoms with Gasteiger partial charge in [-0.15, -0.1) is 11.3 Å². The predicted molar refractivity (Wildman–Crippen MR) is 83.2 cm³/mol. The number of hydrogen-bond acceptors (Lipinski definition) is 1. The highest BCUT2D eigenvalue weighted by Crippen LogP contribution is 2.26. The Bertz CT molecular complexity index is 450. The van der Waals surface area contributed by atoms with Crippen molar-refractivity contribution in [3.8, 4) is 0 Å². The zero-order valence-electron chi connectivity index (χ0n) is 9.40. The summed E-state index contributed by atoms with van der Waals surface area (Å²) in [5, 5.41) is 1.05. The van der Waals surface area contributed by atoms with Crippen LogP contribution in [-0.4, -0.2) is 5.33 Å². The molecular weight excluding hydrogens is 360 g/mol. The van der Waals surface area contributed by atoms with Crippen LogP contribution in [0, 0.1) is 5.92 Å². The molecule has 0 nitrogen and oxygen atoms in total. The summed E-state index contributed by atoms with van der Waals surface area (Å²) >= 11 is 8.99. The lowest BCUT2D eigenvalue weighted by Crippen LogP contribution is -2.08. The summed E-state index contributed by atoms with van der Waals surface area (Å²) in [6, 6.07) is 15.1. The minimum Gasteiger partial charge on any atom is -0.133 e. The maximum Gasteiger partial charge on any atom is 0.0701 e. The van der Waals surface area contributed by atoms with Gasteiger partial charge in [-0.05, 0) is 52.4 Å². The van der Waals surface area contributed by atoms with Crippen molar-refractivity contribution >= 4 is 43.2 Å². The standard InChI is InChI=1S/C14H14Br2S/c15-10-12(8-11-4-2-1-3-5-11)9-13-6-7-14(16)17-13/h1-7,12H,8-10H2. The lowest BCUT2D eigenvalue weighted by Gasteiger charge is -2.12. The van der Waals surface area contributed by atoms with Crippen LogP contribution in [0.4, 0.5) is 0 Å². The summed E-state index contributed by atoms with van der Waals surface area (Å²) in [6.45, 7) is 0. The summed E-state index contributed by atoms with van der Waals surface area (Å²) in [4.78, 5) is 1.46. The van der Waals surface area contributed by atoms with Gasteiger partial charge in [-0.1, -0.05) is 46.3 Å². The molecule has 0 saturated carbocycles. The average molecular weight is 374 g/mol. The summed E-state index contributed by atoms with van der Waals surface area (Å²) in [6.07, 6.45) is 2.29. The van der Waals surface area contributed by atoms with Gasteiger partial charge in [0, 0.05) is 10.2 Å². The van der Waals surface area contributed by atoms with Gasteiger partial charge in [0.25, 0.3) is 0 Å². The Kier molecular flexibility index (Phi) is 5.26. The summed E-state index contributed by atoms with van der Waals surface area (Å²) in [5.41, 5.74) is 1.42. The van der Waals surface area contributed by atoms with Crippen molar-refractivity contribution in [2.75, 3.05) is 5.33 Å². The molecule has 0 amide bonds. The zero-order chi connectivity index (χ0) is 12.1. The van der Waals surface area contributed by atoms with Gasteiger partial charge in [-0.3, -0.25) is 0 Å². The van der Waals surface area contributed by atoms with Crippen LogP contribution in [0.5, 0.6) is 0 Å². The van der Waals surface area contributed by atoms with Crippen molar-refractivity contribution in [2.24, 2.45) is 5.92 Å². The van der Waals surface area contributed by atoms with Gasteiger partial charge in [-0.25, -0.2) is 0 Å². The Labute approximate surface area is 123 Å². The van der Waals surface area contributed by atoms with E-state index in [-0.39, 0.29) is 0 Å². The molecule has 0 aliphatic heterocycles. The van der Waals surface area contributed by atoms with E-state index in [2.05, 4.69) is 74.3 Å². The van der Waals surface area contributed by atoms with Crippen molar-refractivity contribution < 1.29 is 0 Å². The first kappa shape index (κ1) is 13.3. The summed E-state index contributed by atoms with van der Waals surface area (Å²) in [7, 11) is 0. The van der Waals surface area contributed by atoms with E-state index < -0.39 is 0 Å². The van der Waals surface area contributed by atoms with E-state index in [4.69, 9.17) is 0 Å². The number of halogens is 2. The monoisotopic (exact) mass is 372 g/mol. The summed E-state index contributed by atoms with van der Waals surface area (Å²) in [5.74, 6) is 0.669. The zero-order valence-corrected chi connectivity index (χ0v) is 13.4. The molecule has 1 atom stereocenters. The predicted octanol–water partition coefficient (Wildman–Crippen LogP) is 5.31. The van der Waals surface area contributed by atoms with Crippen molar-refractivity contribution in [3.63, 3.8) is 0 Å². The van der Waals surface area contributed by atoms with Gasteiger partial charge < -0.3 is 0 Å². The van der Waals surface area contributed by atoms with Gasteiger partial charge in [0.2, 0.25) is 0 Å². The first-order valence-corrected chi connectivity index (χ1v) is 8.35. The maximum absolute atomic E-state index is 3.63. The Hall–Kier alpha value is -0.120. The van der Waals surface area contributed by atoms with Crippen LogP contribution >= 0.6 is 43.2 Å². The lowest BCUT2D eigenvalue weighted by molar-refractivity contribution is 0.596. The van der Waals surface area contributed by atoms with E-state index in [1.165, 1.54) is 14.2 Å². The number of rotatable bonds is 5. The first-order chi connectivity index (χ1) is 8.28. The van der Waals surface area contributed by atoms with Crippen LogP contribution in [0.25, 0.3) is 0 Å². The van der Waals surface area contributed by atoms with Gasteiger partial charge >= 0.3 is 0 Å². The highest BCUT2D eigenvalue weighted by Gasteiger charge is 2.10. The molecule has 3 heteroatoms. The van der Waals surface area contributed by atoms with Gasteiger partial charge in [0.15, 0.2) is 0 Å². The topological polar surface area (TPSA) is 0 Å². The SMILES string of the molecule is BrCC(Cc1ccccc1)Cc1ccc(Br)s1. The van der Waals surface area contributed by atoms with Crippen molar-refractivity contribution in [3.05, 3.63) is 56.7 Å². The fourth-order valence-corrected chi connectivity index (χ4v) is 3.93. The Morgan fingerprint density at radius 3 is 2.35 bits per heavy atom. The lowest BCUT2D eigenvalue weighted by atomic mass is 9.97. The molecule has 2 aromatic rings. The fourth-order valence-electron chi connectivity index (χ4n) is 1.87. The number of thiophene rings is 1. The Balaban J connectivity index is 1.98. The van der Waals surface area contributed by atoms with E-state index in [0.29, 0.717) is 5.92 Å². The number of benzene rings is 1. The molecular formula is C14H14Br2S. The van der Waals surface area contributed by atoms with Crippen molar-refractivity contribution in [2.45, 2.75) is 12.8 Å². The largest absolute Gasteiger partial charge is 0.133 e. The molecule has 1 heterocycles. The normalized spacial score (nSPS) is 12.6. The molecule has 0 aliphatic carbocycles. The first-order valence-electron chi connectivity index (χ1n) is 5.62. The van der Waals surface area contributed by atoms with E-state index in [1.54, 1.807) is 0 Å². The second-order valence-corrected chi connectivity index (χ2v) is 7.32. The third-order valence-electron chi connectivity index (χ3n) is 2.70. The molecule has 1 aromatic heterocycles. The maximum atomic E-state index is 3.63. The molecule has 90 valence electrons. The molecule has 1 aromatic carbocycles. The highest BCUT2D eigenvalue weighted by molar-refractivity contribution is 9.11. The third-order valence-corrected chi connectivity index (χ3v) is 5.27. The second-order valence-electron chi connectivity index (χ2n) is 4.12. The Morgan fingerprint density at radius 1 is 1.00 bits per heavy atom. The van der Waals surface area contributed by atoms with Crippen LogP contribution in [-0.2, 0) is 12.8 Å². The van der Waals surface area contributed by atoms with Gasteiger partial charge in [0.1, 0.15) is 0 Å². The van der Waals surface area contributed by atoms with E-state index in [9.17, 15) is 0 Å². The van der Waals surface area contributed by atoms with Crippen LogP contribution in [0.2, 0.25) is 0 Å². The molecule has 0 bridgehead atoms. The molecule has 17 heavy (non-hydrogen) atoms. The van der Waals surface area contributed by atoms with E-state index in [0.717, 1.165) is 18.2 Å². The minimum absolute atomic E-state index is 0.669. The fraction of sp³-hybridized carbons (Fsp3) is 0.286. The van der Waals surface area contributed by atoms with Crippen molar-refractivity contribution in [1.82, 2.24) is 0 Å². The molecule has 0 spiro atoms. The van der Waals surface area contributed by atoms with Crippen LogP contribution in [0.3, 0.4) is 0 Å². The molecule has 0 N–H and O–H groups in total. The van der Waals surface area contributed by atoms with Crippen molar-refractivity contribution in [1.29, 1.82) is 0 Å². The van der Waals surface area contributed by atoms with E-state index >= 15 is 0 Å². The molecule has 0 saturated heterocycles. The third kappa shape index (κ3) is 4.23. The van der Waals surface area contributed by atoms with Crippen LogP contribution in [0.1, 0.15) is 10.4 Å². The number of alkyl halides is 1. The number of hydrogen-bond donors (Lipinski definition) is 0. The minimum atomic E-state index is 0.669. The molecule has 0 radical (unpaired) electrons. The smallest absolute Gasteiger partial charge is 0.0701 e. The van der Waals surface area contributed by atoms with Crippen LogP contribution < -0.4 is 0 Å². The summed E-state index contributed by atoms with van der Waals surface area (Å²) < 4.78 is 1.22. The molecule has 0 aliphatic rings. The van der Waals surface area contributed by atoms with Gasteiger partial charge in [0.05, 0.1) is 3.79 Å². The Morgan fingerprint density at radius 2 is 1.76 bits per heavy atom. The van der Waals surface area contributed by atoms with Crippen LogP contribution in [0.15, 0.2) is 46.3 Å².